The maximum atomic E-state index is 5.89. The van der Waals surface area contributed by atoms with Crippen molar-refractivity contribution in [2.24, 2.45) is 23.1 Å². The first-order chi connectivity index (χ1) is 5.57. The summed E-state index contributed by atoms with van der Waals surface area (Å²) in [5.74, 6) is 0.629. The van der Waals surface area contributed by atoms with Crippen molar-refractivity contribution in [3.8, 4) is 0 Å². The summed E-state index contributed by atoms with van der Waals surface area (Å²) < 4.78 is 0. The van der Waals surface area contributed by atoms with Gasteiger partial charge in [0.2, 0.25) is 0 Å². The molecule has 0 spiro atoms. The first-order valence-corrected chi connectivity index (χ1v) is 4.79. The minimum atomic E-state index is 0.121. The molecule has 0 amide bonds. The topological polar surface area (TPSA) is 78.1 Å². The monoisotopic (exact) mass is 173 g/mol. The largest absolute Gasteiger partial charge is 0.330 e. The third-order valence-corrected chi connectivity index (χ3v) is 2.04. The van der Waals surface area contributed by atoms with Crippen LogP contribution in [0.2, 0.25) is 0 Å². The Kier molecular flexibility index (Phi) is 6.34. The molecule has 0 aromatic carbocycles. The van der Waals surface area contributed by atoms with Crippen LogP contribution in [0.25, 0.3) is 0 Å². The van der Waals surface area contributed by atoms with Gasteiger partial charge < -0.3 is 17.2 Å². The Morgan fingerprint density at radius 3 is 2.08 bits per heavy atom. The zero-order valence-corrected chi connectivity index (χ0v) is 8.29. The minimum Gasteiger partial charge on any atom is -0.330 e. The lowest BCUT2D eigenvalue weighted by atomic mass is 9.96. The molecule has 2 atom stereocenters. The van der Waals surface area contributed by atoms with Crippen LogP contribution in [-0.2, 0) is 0 Å². The van der Waals surface area contributed by atoms with Gasteiger partial charge in [-0.15, -0.1) is 0 Å². The minimum absolute atomic E-state index is 0.121. The quantitative estimate of drug-likeness (QED) is 0.545. The predicted octanol–water partition coefficient (Wildman–Crippen LogP) is 0.426. The Bertz CT molecular complexity index is 104. The van der Waals surface area contributed by atoms with Crippen molar-refractivity contribution in [3.05, 3.63) is 0 Å². The fraction of sp³-hybridized carbons (Fsp3) is 1.00. The highest BCUT2D eigenvalue weighted by Gasteiger charge is 2.13. The van der Waals surface area contributed by atoms with E-state index in [0.717, 1.165) is 19.3 Å². The SMILES string of the molecule is CC(C)CC(N)C(N)CCCN. The molecule has 0 bridgehead atoms. The number of rotatable bonds is 6. The van der Waals surface area contributed by atoms with Crippen molar-refractivity contribution in [2.45, 2.75) is 45.2 Å². The van der Waals surface area contributed by atoms with Crippen LogP contribution in [0, 0.1) is 5.92 Å². The predicted molar refractivity (Wildman–Crippen MR) is 53.7 cm³/mol. The summed E-state index contributed by atoms with van der Waals surface area (Å²) >= 11 is 0. The summed E-state index contributed by atoms with van der Waals surface area (Å²) in [6.45, 7) is 5.03. The molecule has 3 heteroatoms. The Morgan fingerprint density at radius 1 is 1.08 bits per heavy atom. The van der Waals surface area contributed by atoms with E-state index >= 15 is 0 Å². The molecule has 0 heterocycles. The van der Waals surface area contributed by atoms with E-state index in [2.05, 4.69) is 13.8 Å². The summed E-state index contributed by atoms with van der Waals surface area (Å²) in [5, 5.41) is 0. The summed E-state index contributed by atoms with van der Waals surface area (Å²) in [6, 6.07) is 0.257. The second kappa shape index (κ2) is 6.40. The number of hydrogen-bond acceptors (Lipinski definition) is 3. The van der Waals surface area contributed by atoms with Crippen molar-refractivity contribution in [1.82, 2.24) is 0 Å². The van der Waals surface area contributed by atoms with Crippen LogP contribution in [-0.4, -0.2) is 18.6 Å². The molecule has 6 N–H and O–H groups in total. The highest BCUT2D eigenvalue weighted by Crippen LogP contribution is 2.07. The Morgan fingerprint density at radius 2 is 1.67 bits per heavy atom. The van der Waals surface area contributed by atoms with E-state index in [9.17, 15) is 0 Å². The van der Waals surface area contributed by atoms with Gasteiger partial charge in [0.05, 0.1) is 0 Å². The first kappa shape index (κ1) is 11.9. The molecule has 0 fully saturated rings. The third-order valence-electron chi connectivity index (χ3n) is 2.04. The highest BCUT2D eigenvalue weighted by atomic mass is 14.8. The Labute approximate surface area is 75.7 Å². The molecule has 0 saturated carbocycles. The Hall–Kier alpha value is -0.120. The van der Waals surface area contributed by atoms with Crippen LogP contribution in [0.3, 0.4) is 0 Å². The molecule has 0 radical (unpaired) electrons. The highest BCUT2D eigenvalue weighted by molar-refractivity contribution is 4.76. The zero-order chi connectivity index (χ0) is 9.56. The van der Waals surface area contributed by atoms with Crippen molar-refractivity contribution in [1.29, 1.82) is 0 Å². The lowest BCUT2D eigenvalue weighted by Crippen LogP contribution is -2.42. The van der Waals surface area contributed by atoms with Gasteiger partial charge in [-0.1, -0.05) is 13.8 Å². The normalized spacial score (nSPS) is 16.5. The Balaban J connectivity index is 3.53. The van der Waals surface area contributed by atoms with Crippen molar-refractivity contribution in [2.75, 3.05) is 6.54 Å². The van der Waals surface area contributed by atoms with Crippen LogP contribution in [0.5, 0.6) is 0 Å². The zero-order valence-electron chi connectivity index (χ0n) is 8.29. The molecule has 3 nitrogen and oxygen atoms in total. The molecule has 74 valence electrons. The second-order valence-electron chi connectivity index (χ2n) is 3.89. The van der Waals surface area contributed by atoms with Gasteiger partial charge in [-0.2, -0.15) is 0 Å². The lowest BCUT2D eigenvalue weighted by molar-refractivity contribution is 0.411. The van der Waals surface area contributed by atoms with E-state index in [1.165, 1.54) is 0 Å². The van der Waals surface area contributed by atoms with Gasteiger partial charge in [0, 0.05) is 12.1 Å². The average Bonchev–Trinajstić information content (AvgIpc) is 1.98. The fourth-order valence-electron chi connectivity index (χ4n) is 1.29. The van der Waals surface area contributed by atoms with E-state index < -0.39 is 0 Å². The van der Waals surface area contributed by atoms with Gasteiger partial charge in [-0.3, -0.25) is 0 Å². The molecule has 0 aliphatic carbocycles. The molecule has 0 saturated heterocycles. The summed E-state index contributed by atoms with van der Waals surface area (Å²) in [4.78, 5) is 0. The van der Waals surface area contributed by atoms with E-state index in [4.69, 9.17) is 17.2 Å². The molecule has 0 aliphatic rings. The van der Waals surface area contributed by atoms with Crippen LogP contribution in [0.15, 0.2) is 0 Å². The number of nitrogens with two attached hydrogens (primary N) is 3. The van der Waals surface area contributed by atoms with Crippen LogP contribution in [0.4, 0.5) is 0 Å². The first-order valence-electron chi connectivity index (χ1n) is 4.79. The molecular formula is C9H23N3. The molecule has 2 unspecified atom stereocenters. The van der Waals surface area contributed by atoms with E-state index in [1.54, 1.807) is 0 Å². The molecule has 0 rings (SSSR count). The summed E-state index contributed by atoms with van der Waals surface area (Å²) in [6.07, 6.45) is 2.93. The molecule has 12 heavy (non-hydrogen) atoms. The summed E-state index contributed by atoms with van der Waals surface area (Å²) in [7, 11) is 0. The van der Waals surface area contributed by atoms with Gasteiger partial charge in [-0.25, -0.2) is 0 Å². The standard InChI is InChI=1S/C9H23N3/c1-7(2)6-9(12)8(11)4-3-5-10/h7-9H,3-6,10-12H2,1-2H3. The van der Waals surface area contributed by atoms with Crippen molar-refractivity contribution < 1.29 is 0 Å². The van der Waals surface area contributed by atoms with E-state index in [0.29, 0.717) is 12.5 Å². The van der Waals surface area contributed by atoms with Crippen molar-refractivity contribution in [3.63, 3.8) is 0 Å². The van der Waals surface area contributed by atoms with Crippen LogP contribution < -0.4 is 17.2 Å². The second-order valence-corrected chi connectivity index (χ2v) is 3.89. The molecule has 0 aliphatic heterocycles. The number of hydrogen-bond donors (Lipinski definition) is 3. The van der Waals surface area contributed by atoms with Gasteiger partial charge in [-0.05, 0) is 31.7 Å². The van der Waals surface area contributed by atoms with Gasteiger partial charge in [0.25, 0.3) is 0 Å². The van der Waals surface area contributed by atoms with Gasteiger partial charge >= 0.3 is 0 Å². The lowest BCUT2D eigenvalue weighted by Gasteiger charge is -2.21. The van der Waals surface area contributed by atoms with Crippen LogP contribution >= 0.6 is 0 Å². The van der Waals surface area contributed by atoms with E-state index in [1.807, 2.05) is 0 Å². The maximum Gasteiger partial charge on any atom is 0.0194 e. The summed E-state index contributed by atoms with van der Waals surface area (Å²) in [5.41, 5.74) is 17.1. The molecular weight excluding hydrogens is 150 g/mol. The van der Waals surface area contributed by atoms with Gasteiger partial charge in [0.15, 0.2) is 0 Å². The average molecular weight is 173 g/mol. The smallest absolute Gasteiger partial charge is 0.0194 e. The maximum absolute atomic E-state index is 5.89. The molecule has 0 aromatic rings. The van der Waals surface area contributed by atoms with Crippen molar-refractivity contribution >= 4 is 0 Å². The van der Waals surface area contributed by atoms with E-state index in [-0.39, 0.29) is 12.1 Å². The fourth-order valence-corrected chi connectivity index (χ4v) is 1.29. The van der Waals surface area contributed by atoms with Crippen LogP contribution in [0.1, 0.15) is 33.1 Å². The third kappa shape index (κ3) is 5.52. The molecule has 0 aromatic heterocycles. The van der Waals surface area contributed by atoms with Gasteiger partial charge in [0.1, 0.15) is 0 Å².